The second-order valence-corrected chi connectivity index (χ2v) is 3.98. The zero-order valence-corrected chi connectivity index (χ0v) is 10.4. The van der Waals surface area contributed by atoms with Crippen molar-refractivity contribution in [1.29, 1.82) is 5.26 Å². The Balaban J connectivity index is 2.71. The first-order chi connectivity index (χ1) is 8.10. The van der Waals surface area contributed by atoms with Crippen LogP contribution in [0.1, 0.15) is 43.1 Å². The first-order valence-corrected chi connectivity index (χ1v) is 5.65. The van der Waals surface area contributed by atoms with E-state index in [9.17, 15) is 4.79 Å². The number of hydrogen-bond donors (Lipinski definition) is 1. The summed E-state index contributed by atoms with van der Waals surface area (Å²) in [6.07, 6.45) is 2.02. The topological polar surface area (TPSA) is 85.7 Å². The lowest BCUT2D eigenvalue weighted by molar-refractivity contribution is 0.0734. The highest BCUT2D eigenvalue weighted by Crippen LogP contribution is 2.05. The second kappa shape index (κ2) is 5.99. The Hall–Kier alpha value is -1.90. The van der Waals surface area contributed by atoms with Gasteiger partial charge in [0.2, 0.25) is 5.82 Å². The van der Waals surface area contributed by atoms with Gasteiger partial charge in [-0.3, -0.25) is 9.89 Å². The molecule has 0 saturated carbocycles. The van der Waals surface area contributed by atoms with E-state index >= 15 is 0 Å². The van der Waals surface area contributed by atoms with E-state index in [1.807, 2.05) is 19.9 Å². The zero-order chi connectivity index (χ0) is 12.8. The molecule has 1 unspecified atom stereocenters. The molecule has 1 heterocycles. The fourth-order valence-corrected chi connectivity index (χ4v) is 1.37. The minimum absolute atomic E-state index is 0.138. The fourth-order valence-electron chi connectivity index (χ4n) is 1.37. The van der Waals surface area contributed by atoms with Crippen molar-refractivity contribution >= 4 is 5.91 Å². The summed E-state index contributed by atoms with van der Waals surface area (Å²) in [5, 5.41) is 15.2. The molecule has 1 N–H and O–H groups in total. The van der Waals surface area contributed by atoms with Gasteiger partial charge in [0, 0.05) is 19.5 Å². The number of carbonyl (C=O) groups excluding carboxylic acids is 1. The summed E-state index contributed by atoms with van der Waals surface area (Å²) < 4.78 is 0. The van der Waals surface area contributed by atoms with Gasteiger partial charge in [0.25, 0.3) is 5.91 Å². The number of aromatic amines is 1. The first kappa shape index (κ1) is 13.2. The summed E-state index contributed by atoms with van der Waals surface area (Å²) in [6, 6.07) is 1.90. The Labute approximate surface area is 101 Å². The predicted octanol–water partition coefficient (Wildman–Crippen LogP) is 1.13. The second-order valence-electron chi connectivity index (χ2n) is 3.98. The molecule has 6 nitrogen and oxygen atoms in total. The van der Waals surface area contributed by atoms with E-state index in [2.05, 4.69) is 15.2 Å². The van der Waals surface area contributed by atoms with Crippen LogP contribution in [0.15, 0.2) is 0 Å². The molecule has 1 aromatic heterocycles. The molecule has 0 aliphatic rings. The van der Waals surface area contributed by atoms with E-state index < -0.39 is 0 Å². The number of aryl methyl sites for hydroxylation is 1. The maximum Gasteiger partial charge on any atom is 0.293 e. The third-order valence-corrected chi connectivity index (χ3v) is 2.58. The van der Waals surface area contributed by atoms with Crippen molar-refractivity contribution in [3.63, 3.8) is 0 Å². The van der Waals surface area contributed by atoms with Crippen LogP contribution in [-0.2, 0) is 6.42 Å². The average molecular weight is 235 g/mol. The maximum atomic E-state index is 12.0. The van der Waals surface area contributed by atoms with Gasteiger partial charge < -0.3 is 4.90 Å². The largest absolute Gasteiger partial charge is 0.335 e. The molecule has 0 aliphatic carbocycles. The number of hydrogen-bond acceptors (Lipinski definition) is 4. The number of aromatic nitrogens is 3. The van der Waals surface area contributed by atoms with Gasteiger partial charge >= 0.3 is 0 Å². The molecule has 6 heteroatoms. The van der Waals surface area contributed by atoms with Gasteiger partial charge in [-0.1, -0.05) is 6.92 Å². The predicted molar refractivity (Wildman–Crippen MR) is 62.2 cm³/mol. The smallest absolute Gasteiger partial charge is 0.293 e. The van der Waals surface area contributed by atoms with Crippen molar-refractivity contribution in [3.05, 3.63) is 11.6 Å². The molecule has 1 atom stereocenters. The van der Waals surface area contributed by atoms with Crippen molar-refractivity contribution in [2.24, 2.45) is 0 Å². The summed E-state index contributed by atoms with van der Waals surface area (Å²) in [5.41, 5.74) is 0. The van der Waals surface area contributed by atoms with Gasteiger partial charge in [-0.05, 0) is 13.3 Å². The molecule has 92 valence electrons. The quantitative estimate of drug-likeness (QED) is 0.829. The van der Waals surface area contributed by atoms with E-state index in [1.54, 1.807) is 7.05 Å². The third kappa shape index (κ3) is 3.28. The van der Waals surface area contributed by atoms with Gasteiger partial charge in [0.1, 0.15) is 5.82 Å². The highest BCUT2D eigenvalue weighted by molar-refractivity contribution is 5.90. The summed E-state index contributed by atoms with van der Waals surface area (Å²) in [7, 11) is 1.65. The minimum Gasteiger partial charge on any atom is -0.335 e. The van der Waals surface area contributed by atoms with Crippen molar-refractivity contribution in [2.45, 2.75) is 39.2 Å². The van der Waals surface area contributed by atoms with Crippen LogP contribution in [0.25, 0.3) is 0 Å². The molecule has 0 spiro atoms. The van der Waals surface area contributed by atoms with Crippen LogP contribution >= 0.6 is 0 Å². The van der Waals surface area contributed by atoms with Crippen LogP contribution < -0.4 is 0 Å². The number of H-pyrrole nitrogens is 1. The molecular formula is C11H17N5O. The van der Waals surface area contributed by atoms with E-state index in [1.165, 1.54) is 4.90 Å². The van der Waals surface area contributed by atoms with Gasteiger partial charge in [0.05, 0.1) is 12.5 Å². The minimum atomic E-state index is -0.258. The molecule has 1 rings (SSSR count). The monoisotopic (exact) mass is 235 g/mol. The Kier molecular flexibility index (Phi) is 4.64. The van der Waals surface area contributed by atoms with E-state index in [0.717, 1.165) is 18.7 Å². The zero-order valence-electron chi connectivity index (χ0n) is 10.4. The standard InChI is InChI=1S/C11H17N5O/c1-4-5-9-13-10(15-14-9)11(17)16(3)8(2)6-7-12/h8H,4-6H2,1-3H3,(H,13,14,15). The Morgan fingerprint density at radius 2 is 2.35 bits per heavy atom. The Bertz CT molecular complexity index is 420. The van der Waals surface area contributed by atoms with Gasteiger partial charge in [-0.25, -0.2) is 4.98 Å². The first-order valence-electron chi connectivity index (χ1n) is 5.65. The summed E-state index contributed by atoms with van der Waals surface area (Å²) in [4.78, 5) is 17.6. The molecule has 17 heavy (non-hydrogen) atoms. The molecule has 1 aromatic rings. The molecule has 0 aromatic carbocycles. The lowest BCUT2D eigenvalue weighted by atomic mass is 10.2. The molecule has 1 amide bonds. The van der Waals surface area contributed by atoms with E-state index in [0.29, 0.717) is 6.42 Å². The molecule has 0 saturated heterocycles. The van der Waals surface area contributed by atoms with E-state index in [4.69, 9.17) is 5.26 Å². The molecular weight excluding hydrogens is 218 g/mol. The van der Waals surface area contributed by atoms with Crippen LogP contribution in [0.5, 0.6) is 0 Å². The number of rotatable bonds is 5. The van der Waals surface area contributed by atoms with E-state index in [-0.39, 0.29) is 17.8 Å². The maximum absolute atomic E-state index is 12.0. The number of amides is 1. The molecule has 0 aliphatic heterocycles. The van der Waals surface area contributed by atoms with Crippen molar-refractivity contribution < 1.29 is 4.79 Å². The number of nitrogens with zero attached hydrogens (tertiary/aromatic N) is 4. The van der Waals surface area contributed by atoms with Crippen molar-refractivity contribution in [3.8, 4) is 6.07 Å². The lowest BCUT2D eigenvalue weighted by Crippen LogP contribution is -2.35. The van der Waals surface area contributed by atoms with Crippen LogP contribution in [0, 0.1) is 11.3 Å². The normalized spacial score (nSPS) is 11.9. The summed E-state index contributed by atoms with van der Waals surface area (Å²) >= 11 is 0. The summed E-state index contributed by atoms with van der Waals surface area (Å²) in [6.45, 7) is 3.85. The van der Waals surface area contributed by atoms with Crippen LogP contribution in [0.2, 0.25) is 0 Å². The SMILES string of the molecule is CCCc1nc(C(=O)N(C)C(C)CC#N)n[nH]1. The summed E-state index contributed by atoms with van der Waals surface area (Å²) in [5.74, 6) is 0.629. The fraction of sp³-hybridized carbons (Fsp3) is 0.636. The van der Waals surface area contributed by atoms with Crippen LogP contribution in [0.4, 0.5) is 0 Å². The Morgan fingerprint density at radius 3 is 2.94 bits per heavy atom. The number of carbonyl (C=O) groups is 1. The van der Waals surface area contributed by atoms with Crippen molar-refractivity contribution in [2.75, 3.05) is 7.05 Å². The molecule has 0 radical (unpaired) electrons. The lowest BCUT2D eigenvalue weighted by Gasteiger charge is -2.21. The number of nitriles is 1. The highest BCUT2D eigenvalue weighted by atomic mass is 16.2. The van der Waals surface area contributed by atoms with Crippen LogP contribution in [-0.4, -0.2) is 39.1 Å². The molecule has 0 bridgehead atoms. The van der Waals surface area contributed by atoms with Crippen LogP contribution in [0.3, 0.4) is 0 Å². The molecule has 0 fully saturated rings. The van der Waals surface area contributed by atoms with Gasteiger partial charge in [-0.2, -0.15) is 5.26 Å². The average Bonchev–Trinajstić information content (AvgIpc) is 2.76. The Morgan fingerprint density at radius 1 is 1.65 bits per heavy atom. The highest BCUT2D eigenvalue weighted by Gasteiger charge is 2.20. The third-order valence-electron chi connectivity index (χ3n) is 2.58. The van der Waals surface area contributed by atoms with Gasteiger partial charge in [0.15, 0.2) is 0 Å². The van der Waals surface area contributed by atoms with Crippen molar-refractivity contribution in [1.82, 2.24) is 20.1 Å². The number of nitrogens with one attached hydrogen (secondary N) is 1. The van der Waals surface area contributed by atoms with Gasteiger partial charge in [-0.15, -0.1) is 5.10 Å².